The minimum atomic E-state index is -4.87. The van der Waals surface area contributed by atoms with Crippen LogP contribution in [0.4, 0.5) is 26.3 Å². The summed E-state index contributed by atoms with van der Waals surface area (Å²) < 4.78 is 93.3. The lowest BCUT2D eigenvalue weighted by Crippen LogP contribution is -2.33. The van der Waals surface area contributed by atoms with Gasteiger partial charge in [0.1, 0.15) is 17.4 Å². The molecule has 2 heterocycles. The van der Waals surface area contributed by atoms with Crippen LogP contribution in [0.15, 0.2) is 70.5 Å². The highest BCUT2D eigenvalue weighted by Gasteiger charge is 2.36. The van der Waals surface area contributed by atoms with Crippen LogP contribution in [0.1, 0.15) is 34.3 Å². The van der Waals surface area contributed by atoms with Crippen LogP contribution in [0.2, 0.25) is 0 Å². The summed E-state index contributed by atoms with van der Waals surface area (Å²) in [5.74, 6) is -2.58. The number of nitrogens with zero attached hydrogens (tertiary/aromatic N) is 1. The first-order chi connectivity index (χ1) is 19.9. The fourth-order valence-electron chi connectivity index (χ4n) is 5.17. The van der Waals surface area contributed by atoms with E-state index in [4.69, 9.17) is 10.5 Å². The van der Waals surface area contributed by atoms with Crippen molar-refractivity contribution in [2.45, 2.75) is 36.8 Å². The second kappa shape index (κ2) is 11.4. The van der Waals surface area contributed by atoms with E-state index in [1.54, 1.807) is 6.92 Å². The molecule has 3 aromatic carbocycles. The second-order valence-electron chi connectivity index (χ2n) is 9.68. The maximum atomic E-state index is 15.5. The highest BCUT2D eigenvalue weighted by molar-refractivity contribution is 7.99. The summed E-state index contributed by atoms with van der Waals surface area (Å²) in [6.07, 6.45) is -5.09. The first kappa shape index (κ1) is 29.6. The summed E-state index contributed by atoms with van der Waals surface area (Å²) in [4.78, 5) is 14.1. The van der Waals surface area contributed by atoms with Gasteiger partial charge < -0.3 is 15.2 Å². The molecule has 0 radical (unpaired) electrons. The van der Waals surface area contributed by atoms with Gasteiger partial charge in [0.05, 0.1) is 29.8 Å². The van der Waals surface area contributed by atoms with Gasteiger partial charge in [0.2, 0.25) is 0 Å². The summed E-state index contributed by atoms with van der Waals surface area (Å²) in [6, 6.07) is 11.2. The van der Waals surface area contributed by atoms with Crippen LogP contribution in [-0.4, -0.2) is 23.8 Å². The molecule has 1 aromatic heterocycles. The Morgan fingerprint density at radius 1 is 1.00 bits per heavy atom. The van der Waals surface area contributed by atoms with Crippen molar-refractivity contribution in [3.8, 4) is 22.6 Å². The van der Waals surface area contributed by atoms with E-state index in [1.165, 1.54) is 59.8 Å². The van der Waals surface area contributed by atoms with E-state index in [0.717, 1.165) is 24.3 Å². The zero-order chi connectivity index (χ0) is 30.3. The second-order valence-corrected chi connectivity index (χ2v) is 10.7. The molecule has 0 spiro atoms. The Labute approximate surface area is 240 Å². The maximum absolute atomic E-state index is 15.5. The molecule has 12 heteroatoms. The van der Waals surface area contributed by atoms with Crippen molar-refractivity contribution in [2.24, 2.45) is 5.73 Å². The molecule has 0 aliphatic carbocycles. The molecule has 5 nitrogen and oxygen atoms in total. The van der Waals surface area contributed by atoms with E-state index in [1.807, 2.05) is 0 Å². The minimum absolute atomic E-state index is 0.0180. The van der Waals surface area contributed by atoms with Gasteiger partial charge in [-0.3, -0.25) is 9.36 Å². The number of benzene rings is 3. The fourth-order valence-corrected chi connectivity index (χ4v) is 6.61. The average Bonchev–Trinajstić information content (AvgIpc) is 3.38. The number of hydrogen-bond acceptors (Lipinski definition) is 5. The van der Waals surface area contributed by atoms with Crippen LogP contribution < -0.4 is 20.8 Å². The molecule has 5 rings (SSSR count). The van der Waals surface area contributed by atoms with E-state index in [9.17, 15) is 26.7 Å². The molecular weight excluding hydrogens is 582 g/mol. The normalized spacial score (nSPS) is 15.4. The first-order valence-corrected chi connectivity index (χ1v) is 13.7. The van der Waals surface area contributed by atoms with E-state index >= 15 is 4.39 Å². The molecule has 4 aromatic rings. The summed E-state index contributed by atoms with van der Waals surface area (Å²) in [5, 5.41) is 0.421. The van der Waals surface area contributed by atoms with Crippen LogP contribution in [0.3, 0.4) is 0 Å². The van der Waals surface area contributed by atoms with Gasteiger partial charge in [-0.25, -0.2) is 13.2 Å². The Morgan fingerprint density at radius 2 is 1.64 bits per heavy atom. The monoisotopic (exact) mass is 606 g/mol. The summed E-state index contributed by atoms with van der Waals surface area (Å²) in [5.41, 5.74) is 6.89. The largest absolute Gasteiger partial charge is 0.573 e. The van der Waals surface area contributed by atoms with Gasteiger partial charge >= 0.3 is 6.36 Å². The molecule has 1 aliphatic heterocycles. The third-order valence-corrected chi connectivity index (χ3v) is 8.47. The molecule has 0 bridgehead atoms. The number of fused-ring (bicyclic) bond motifs is 1. The number of nitrogens with two attached hydrogens (primary N) is 1. The van der Waals surface area contributed by atoms with Gasteiger partial charge in [-0.2, -0.15) is 0 Å². The number of alkyl halides is 3. The number of rotatable bonds is 7. The van der Waals surface area contributed by atoms with Crippen molar-refractivity contribution < 1.29 is 35.8 Å². The number of halogens is 6. The van der Waals surface area contributed by atoms with Crippen LogP contribution in [0, 0.1) is 24.4 Å². The molecule has 1 aliphatic rings. The maximum Gasteiger partial charge on any atom is 0.573 e. The number of ether oxygens (including phenoxy) is 2. The summed E-state index contributed by atoms with van der Waals surface area (Å²) >= 11 is 1.26. The smallest absolute Gasteiger partial charge is 0.494 e. The highest BCUT2D eigenvalue weighted by atomic mass is 32.2. The highest BCUT2D eigenvalue weighted by Crippen LogP contribution is 2.44. The van der Waals surface area contributed by atoms with E-state index < -0.39 is 47.2 Å². The van der Waals surface area contributed by atoms with Crippen molar-refractivity contribution in [3.63, 3.8) is 0 Å². The number of methoxy groups -OCH3 is 1. The lowest BCUT2D eigenvalue weighted by atomic mass is 9.93. The standard InChI is InChI=1S/C30H24F6N2O3S/c1-15-19(13-20-21(31)6-4-7-22(20)32)29-38(28(39)25(15)18-5-3-8-24(40-2)26(18)33)23(14-42-29)27(37)16-9-11-17(12-10-16)41-30(34,35)36/h3-12,23,27H,13-14,37H2,1-2H3. The average molecular weight is 607 g/mol. The molecule has 2 atom stereocenters. The topological polar surface area (TPSA) is 66.5 Å². The Hall–Kier alpha value is -3.90. The van der Waals surface area contributed by atoms with Crippen molar-refractivity contribution in [3.05, 3.63) is 111 Å². The zero-order valence-electron chi connectivity index (χ0n) is 22.3. The lowest BCUT2D eigenvalue weighted by molar-refractivity contribution is -0.274. The number of thioether (sulfide) groups is 1. The van der Waals surface area contributed by atoms with Gasteiger partial charge in [-0.15, -0.1) is 24.9 Å². The summed E-state index contributed by atoms with van der Waals surface area (Å²) in [7, 11) is 1.29. The molecule has 0 saturated carbocycles. The van der Waals surface area contributed by atoms with Crippen molar-refractivity contribution >= 4 is 11.8 Å². The number of hydrogen-bond donors (Lipinski definition) is 1. The van der Waals surface area contributed by atoms with Crippen molar-refractivity contribution in [2.75, 3.05) is 12.9 Å². The van der Waals surface area contributed by atoms with Gasteiger partial charge in [0.25, 0.3) is 5.56 Å². The van der Waals surface area contributed by atoms with Crippen LogP contribution in [0.5, 0.6) is 11.5 Å². The van der Waals surface area contributed by atoms with Gasteiger partial charge in [0.15, 0.2) is 11.6 Å². The predicted molar refractivity (Wildman–Crippen MR) is 146 cm³/mol. The lowest BCUT2D eigenvalue weighted by Gasteiger charge is -2.25. The Bertz CT molecular complexity index is 1690. The summed E-state index contributed by atoms with van der Waals surface area (Å²) in [6.45, 7) is 1.60. The van der Waals surface area contributed by atoms with Gasteiger partial charge in [-0.05, 0) is 53.9 Å². The molecule has 2 unspecified atom stereocenters. The molecule has 220 valence electrons. The quantitative estimate of drug-likeness (QED) is 0.228. The number of pyridine rings is 1. The van der Waals surface area contributed by atoms with Gasteiger partial charge in [0, 0.05) is 23.3 Å². The van der Waals surface area contributed by atoms with Crippen LogP contribution in [-0.2, 0) is 6.42 Å². The molecular formula is C30H24F6N2O3S. The van der Waals surface area contributed by atoms with E-state index in [0.29, 0.717) is 21.7 Å². The SMILES string of the molecule is COc1cccc(-c2c(C)c(Cc3c(F)cccc3F)c3n(c2=O)C(C(N)c2ccc(OC(F)(F)F)cc2)CS3)c1F. The van der Waals surface area contributed by atoms with Crippen molar-refractivity contribution in [1.82, 2.24) is 4.57 Å². The number of aromatic nitrogens is 1. The molecule has 0 fully saturated rings. The Morgan fingerprint density at radius 3 is 2.26 bits per heavy atom. The fraction of sp³-hybridized carbons (Fsp3) is 0.233. The first-order valence-electron chi connectivity index (χ1n) is 12.7. The third-order valence-electron chi connectivity index (χ3n) is 7.24. The van der Waals surface area contributed by atoms with E-state index in [-0.39, 0.29) is 34.6 Å². The Kier molecular flexibility index (Phi) is 8.04. The molecule has 2 N–H and O–H groups in total. The van der Waals surface area contributed by atoms with E-state index in [2.05, 4.69) is 4.74 Å². The van der Waals surface area contributed by atoms with Gasteiger partial charge in [-0.1, -0.05) is 30.3 Å². The van der Waals surface area contributed by atoms with Crippen LogP contribution >= 0.6 is 11.8 Å². The third kappa shape index (κ3) is 5.48. The molecule has 42 heavy (non-hydrogen) atoms. The van der Waals surface area contributed by atoms with Crippen molar-refractivity contribution in [1.29, 1.82) is 0 Å². The predicted octanol–water partition coefficient (Wildman–Crippen LogP) is 7.09. The molecule has 0 amide bonds. The molecule has 0 saturated heterocycles. The zero-order valence-corrected chi connectivity index (χ0v) is 23.1. The minimum Gasteiger partial charge on any atom is -0.494 e. The Balaban J connectivity index is 1.67. The van der Waals surface area contributed by atoms with Crippen LogP contribution in [0.25, 0.3) is 11.1 Å².